The van der Waals surface area contributed by atoms with Gasteiger partial charge in [-0.1, -0.05) is 11.6 Å². The Kier molecular flexibility index (Phi) is 2.32. The van der Waals surface area contributed by atoms with Crippen molar-refractivity contribution in [3.63, 3.8) is 0 Å². The van der Waals surface area contributed by atoms with E-state index in [2.05, 4.69) is 30.1 Å². The summed E-state index contributed by atoms with van der Waals surface area (Å²) in [5.41, 5.74) is 8.37. The van der Waals surface area contributed by atoms with Gasteiger partial charge in [-0.3, -0.25) is 5.10 Å². The standard InChI is InChI=1S/C13H14ClN3O/c1-13(2)6-8-3-7(4-9(14)12(8)18-13)10-5-11(15)17-16-10/h3-5H,6H2,1-2H3,(H3,15,16,17). The van der Waals surface area contributed by atoms with Crippen molar-refractivity contribution in [3.05, 3.63) is 28.8 Å². The van der Waals surface area contributed by atoms with E-state index in [1.54, 1.807) is 6.07 Å². The Morgan fingerprint density at radius 1 is 1.39 bits per heavy atom. The van der Waals surface area contributed by atoms with E-state index in [1.165, 1.54) is 0 Å². The lowest BCUT2D eigenvalue weighted by atomic mass is 9.99. The van der Waals surface area contributed by atoms with Crippen molar-refractivity contribution in [1.82, 2.24) is 10.2 Å². The highest BCUT2D eigenvalue weighted by Crippen LogP contribution is 2.42. The molecule has 5 heteroatoms. The lowest BCUT2D eigenvalue weighted by Crippen LogP contribution is -2.24. The number of fused-ring (bicyclic) bond motifs is 1. The second-order valence-electron chi connectivity index (χ2n) is 5.19. The fourth-order valence-corrected chi connectivity index (χ4v) is 2.59. The lowest BCUT2D eigenvalue weighted by Gasteiger charge is -2.17. The molecule has 94 valence electrons. The number of aromatic amines is 1. The minimum Gasteiger partial charge on any atom is -0.486 e. The Morgan fingerprint density at radius 2 is 2.17 bits per heavy atom. The summed E-state index contributed by atoms with van der Waals surface area (Å²) in [7, 11) is 0. The van der Waals surface area contributed by atoms with E-state index in [0.29, 0.717) is 10.8 Å². The monoisotopic (exact) mass is 263 g/mol. The number of nitrogens with one attached hydrogen (secondary N) is 1. The van der Waals surface area contributed by atoms with Gasteiger partial charge in [-0.05, 0) is 26.0 Å². The number of nitrogen functional groups attached to an aromatic ring is 1. The Balaban J connectivity index is 2.09. The van der Waals surface area contributed by atoms with Crippen molar-refractivity contribution >= 4 is 17.4 Å². The van der Waals surface area contributed by atoms with Crippen LogP contribution in [-0.2, 0) is 6.42 Å². The zero-order valence-electron chi connectivity index (χ0n) is 10.2. The number of aromatic nitrogens is 2. The molecule has 0 bridgehead atoms. The molecule has 1 aromatic carbocycles. The van der Waals surface area contributed by atoms with Crippen LogP contribution in [0.4, 0.5) is 5.82 Å². The van der Waals surface area contributed by atoms with Crippen LogP contribution < -0.4 is 10.5 Å². The number of H-pyrrole nitrogens is 1. The molecule has 0 spiro atoms. The molecule has 0 amide bonds. The van der Waals surface area contributed by atoms with Crippen LogP contribution in [0, 0.1) is 0 Å². The quantitative estimate of drug-likeness (QED) is 0.831. The average Bonchev–Trinajstić information content (AvgIpc) is 2.81. The molecule has 2 aromatic rings. The van der Waals surface area contributed by atoms with Gasteiger partial charge in [0.15, 0.2) is 0 Å². The highest BCUT2D eigenvalue weighted by Gasteiger charge is 2.32. The van der Waals surface area contributed by atoms with Gasteiger partial charge in [0, 0.05) is 23.6 Å². The number of benzene rings is 1. The van der Waals surface area contributed by atoms with E-state index < -0.39 is 0 Å². The Morgan fingerprint density at radius 3 is 2.83 bits per heavy atom. The Hall–Kier alpha value is -1.68. The summed E-state index contributed by atoms with van der Waals surface area (Å²) >= 11 is 6.27. The average molecular weight is 264 g/mol. The molecule has 0 unspecified atom stereocenters. The van der Waals surface area contributed by atoms with Crippen LogP contribution >= 0.6 is 11.6 Å². The molecule has 4 nitrogen and oxygen atoms in total. The third-order valence-electron chi connectivity index (χ3n) is 3.02. The maximum absolute atomic E-state index is 6.27. The van der Waals surface area contributed by atoms with Gasteiger partial charge in [0.05, 0.1) is 10.7 Å². The first-order valence-corrected chi connectivity index (χ1v) is 6.15. The number of rotatable bonds is 1. The maximum atomic E-state index is 6.27. The molecular weight excluding hydrogens is 250 g/mol. The van der Waals surface area contributed by atoms with Gasteiger partial charge < -0.3 is 10.5 Å². The predicted octanol–water partition coefficient (Wildman–Crippen LogP) is 3.03. The lowest BCUT2D eigenvalue weighted by molar-refractivity contribution is 0.138. The van der Waals surface area contributed by atoms with E-state index in [4.69, 9.17) is 22.1 Å². The van der Waals surface area contributed by atoms with Gasteiger partial charge in [0.2, 0.25) is 0 Å². The molecule has 2 heterocycles. The largest absolute Gasteiger partial charge is 0.486 e. The minimum atomic E-state index is -0.197. The number of ether oxygens (including phenoxy) is 1. The number of hydrogen-bond acceptors (Lipinski definition) is 3. The van der Waals surface area contributed by atoms with Crippen molar-refractivity contribution < 1.29 is 4.74 Å². The van der Waals surface area contributed by atoms with Crippen LogP contribution in [0.2, 0.25) is 5.02 Å². The van der Waals surface area contributed by atoms with Gasteiger partial charge in [-0.2, -0.15) is 5.10 Å². The summed E-state index contributed by atoms with van der Waals surface area (Å²) in [6.45, 7) is 4.11. The van der Waals surface area contributed by atoms with Crippen molar-refractivity contribution in [2.75, 3.05) is 5.73 Å². The molecule has 0 saturated heterocycles. The Labute approximate surface area is 110 Å². The van der Waals surface area contributed by atoms with E-state index in [0.717, 1.165) is 29.0 Å². The SMILES string of the molecule is CC1(C)Cc2cc(-c3cc(N)n[nH]3)cc(Cl)c2O1. The Bertz CT molecular complexity index is 619. The van der Waals surface area contributed by atoms with Crippen LogP contribution in [0.1, 0.15) is 19.4 Å². The maximum Gasteiger partial charge on any atom is 0.145 e. The zero-order chi connectivity index (χ0) is 12.9. The third kappa shape index (κ3) is 1.82. The molecule has 1 aliphatic heterocycles. The molecule has 0 fully saturated rings. The van der Waals surface area contributed by atoms with Crippen LogP contribution in [0.3, 0.4) is 0 Å². The highest BCUT2D eigenvalue weighted by atomic mass is 35.5. The minimum absolute atomic E-state index is 0.197. The summed E-state index contributed by atoms with van der Waals surface area (Å²) < 4.78 is 5.84. The van der Waals surface area contributed by atoms with Crippen molar-refractivity contribution in [2.24, 2.45) is 0 Å². The molecule has 1 aliphatic rings. The van der Waals surface area contributed by atoms with Gasteiger partial charge in [-0.15, -0.1) is 0 Å². The van der Waals surface area contributed by atoms with Gasteiger partial charge in [0.25, 0.3) is 0 Å². The number of anilines is 1. The number of halogens is 1. The summed E-state index contributed by atoms with van der Waals surface area (Å²) in [6, 6.07) is 5.73. The second-order valence-corrected chi connectivity index (χ2v) is 5.60. The van der Waals surface area contributed by atoms with Crippen LogP contribution in [0.5, 0.6) is 5.75 Å². The van der Waals surface area contributed by atoms with Gasteiger partial charge in [0.1, 0.15) is 17.2 Å². The summed E-state index contributed by atoms with van der Waals surface area (Å²) in [5, 5.41) is 7.44. The summed E-state index contributed by atoms with van der Waals surface area (Å²) in [5.74, 6) is 1.26. The van der Waals surface area contributed by atoms with Gasteiger partial charge in [-0.25, -0.2) is 0 Å². The second kappa shape index (κ2) is 3.65. The molecular formula is C13H14ClN3O. The normalized spacial score (nSPS) is 16.4. The molecule has 0 saturated carbocycles. The molecule has 3 N–H and O–H groups in total. The van der Waals surface area contributed by atoms with E-state index in [9.17, 15) is 0 Å². The predicted molar refractivity (Wildman–Crippen MR) is 71.9 cm³/mol. The van der Waals surface area contributed by atoms with E-state index in [-0.39, 0.29) is 5.60 Å². The third-order valence-corrected chi connectivity index (χ3v) is 3.30. The molecule has 1 aromatic heterocycles. The number of hydrogen-bond donors (Lipinski definition) is 2. The first-order valence-electron chi connectivity index (χ1n) is 5.77. The summed E-state index contributed by atoms with van der Waals surface area (Å²) in [4.78, 5) is 0. The molecule has 0 aliphatic carbocycles. The summed E-state index contributed by atoms with van der Waals surface area (Å²) in [6.07, 6.45) is 0.847. The van der Waals surface area contributed by atoms with E-state index >= 15 is 0 Å². The van der Waals surface area contributed by atoms with Crippen LogP contribution in [0.15, 0.2) is 18.2 Å². The molecule has 18 heavy (non-hydrogen) atoms. The van der Waals surface area contributed by atoms with Crippen LogP contribution in [0.25, 0.3) is 11.3 Å². The molecule has 0 atom stereocenters. The molecule has 0 radical (unpaired) electrons. The molecule has 3 rings (SSSR count). The fourth-order valence-electron chi connectivity index (χ4n) is 2.31. The highest BCUT2D eigenvalue weighted by molar-refractivity contribution is 6.32. The van der Waals surface area contributed by atoms with Crippen molar-refractivity contribution in [1.29, 1.82) is 0 Å². The van der Waals surface area contributed by atoms with Gasteiger partial charge >= 0.3 is 0 Å². The first kappa shape index (κ1) is 11.4. The zero-order valence-corrected chi connectivity index (χ0v) is 11.0. The smallest absolute Gasteiger partial charge is 0.145 e. The van der Waals surface area contributed by atoms with Crippen molar-refractivity contribution in [2.45, 2.75) is 25.9 Å². The number of nitrogens with two attached hydrogens (primary N) is 1. The first-order chi connectivity index (χ1) is 8.44. The fraction of sp³-hybridized carbons (Fsp3) is 0.308. The van der Waals surface area contributed by atoms with E-state index in [1.807, 2.05) is 6.07 Å². The van der Waals surface area contributed by atoms with Crippen LogP contribution in [-0.4, -0.2) is 15.8 Å². The topological polar surface area (TPSA) is 63.9 Å². The number of nitrogens with zero attached hydrogens (tertiary/aromatic N) is 1. The van der Waals surface area contributed by atoms with Crippen molar-refractivity contribution in [3.8, 4) is 17.0 Å².